The molecule has 0 heterocycles. The van der Waals surface area contributed by atoms with Crippen LogP contribution in [0.3, 0.4) is 0 Å². The Morgan fingerprint density at radius 3 is 2.55 bits per heavy atom. The number of nitrogens with zero attached hydrogens (tertiary/aromatic N) is 2. The van der Waals surface area contributed by atoms with Crippen LogP contribution in [0.1, 0.15) is 11.1 Å². The van der Waals surface area contributed by atoms with Crippen LogP contribution in [-0.4, -0.2) is 4.92 Å². The third-order valence-corrected chi connectivity index (χ3v) is 2.98. The Morgan fingerprint density at radius 2 is 1.95 bits per heavy atom. The molecule has 0 aromatic heterocycles. The summed E-state index contributed by atoms with van der Waals surface area (Å²) in [6.45, 7) is 0.504. The monoisotopic (exact) mass is 287 g/mol. The van der Waals surface area contributed by atoms with Gasteiger partial charge in [-0.25, -0.2) is 0 Å². The maximum atomic E-state index is 10.7. The molecule has 0 unspecified atom stereocenters. The van der Waals surface area contributed by atoms with E-state index in [-0.39, 0.29) is 11.3 Å². The van der Waals surface area contributed by atoms with E-state index in [1.165, 1.54) is 18.2 Å². The third kappa shape index (κ3) is 3.25. The van der Waals surface area contributed by atoms with Crippen LogP contribution in [0.2, 0.25) is 5.02 Å². The minimum absolute atomic E-state index is 0.0985. The van der Waals surface area contributed by atoms with E-state index in [4.69, 9.17) is 16.9 Å². The van der Waals surface area contributed by atoms with E-state index in [9.17, 15) is 10.1 Å². The van der Waals surface area contributed by atoms with Gasteiger partial charge >= 0.3 is 0 Å². The van der Waals surface area contributed by atoms with Crippen molar-refractivity contribution in [3.05, 3.63) is 68.7 Å². The lowest BCUT2D eigenvalue weighted by molar-refractivity contribution is -0.384. The van der Waals surface area contributed by atoms with Gasteiger partial charge in [0.25, 0.3) is 5.69 Å². The van der Waals surface area contributed by atoms with Crippen LogP contribution in [0, 0.1) is 21.4 Å². The van der Waals surface area contributed by atoms with Gasteiger partial charge in [-0.15, -0.1) is 0 Å². The highest BCUT2D eigenvalue weighted by Crippen LogP contribution is 2.22. The fourth-order valence-electron chi connectivity index (χ4n) is 1.69. The first kappa shape index (κ1) is 13.8. The number of halogens is 1. The van der Waals surface area contributed by atoms with Gasteiger partial charge < -0.3 is 5.32 Å². The van der Waals surface area contributed by atoms with Crippen molar-refractivity contribution in [2.24, 2.45) is 0 Å². The van der Waals surface area contributed by atoms with Gasteiger partial charge in [0.1, 0.15) is 6.07 Å². The summed E-state index contributed by atoms with van der Waals surface area (Å²) in [7, 11) is 0. The van der Waals surface area contributed by atoms with Crippen LogP contribution in [0.4, 0.5) is 11.4 Å². The van der Waals surface area contributed by atoms with Crippen molar-refractivity contribution in [2.45, 2.75) is 6.54 Å². The molecular formula is C14H10ClN3O2. The zero-order chi connectivity index (χ0) is 14.5. The molecule has 0 radical (unpaired) electrons. The number of nitro groups is 1. The predicted octanol–water partition coefficient (Wildman–Crippen LogP) is 3.73. The quantitative estimate of drug-likeness (QED) is 0.686. The van der Waals surface area contributed by atoms with Crippen molar-refractivity contribution in [3.63, 3.8) is 0 Å². The Labute approximate surface area is 120 Å². The summed E-state index contributed by atoms with van der Waals surface area (Å²) in [4.78, 5) is 10.1. The molecule has 0 bridgehead atoms. The number of anilines is 1. The number of hydrogen-bond donors (Lipinski definition) is 1. The molecular weight excluding hydrogens is 278 g/mol. The van der Waals surface area contributed by atoms with E-state index in [1.807, 2.05) is 18.2 Å². The number of rotatable bonds is 4. The van der Waals surface area contributed by atoms with Crippen molar-refractivity contribution < 1.29 is 4.92 Å². The first-order chi connectivity index (χ1) is 9.60. The van der Waals surface area contributed by atoms with Crippen LogP contribution in [0.5, 0.6) is 0 Å². The number of benzene rings is 2. The summed E-state index contributed by atoms with van der Waals surface area (Å²) < 4.78 is 0. The summed E-state index contributed by atoms with van der Waals surface area (Å²) in [5.74, 6) is 0. The molecule has 0 atom stereocenters. The highest BCUT2D eigenvalue weighted by Gasteiger charge is 2.10. The molecule has 2 aromatic carbocycles. The van der Waals surface area contributed by atoms with Crippen molar-refractivity contribution in [1.29, 1.82) is 5.26 Å². The average Bonchev–Trinajstić information content (AvgIpc) is 2.46. The smallest absolute Gasteiger partial charge is 0.270 e. The number of nitrogens with one attached hydrogen (secondary N) is 1. The lowest BCUT2D eigenvalue weighted by Gasteiger charge is -2.08. The lowest BCUT2D eigenvalue weighted by atomic mass is 10.1. The fraction of sp³-hybridized carbons (Fsp3) is 0.0714. The van der Waals surface area contributed by atoms with Gasteiger partial charge in [0, 0.05) is 23.7 Å². The molecule has 2 rings (SSSR count). The van der Waals surface area contributed by atoms with Gasteiger partial charge in [-0.1, -0.05) is 23.7 Å². The van der Waals surface area contributed by atoms with Crippen LogP contribution in [0.15, 0.2) is 42.5 Å². The Kier molecular flexibility index (Phi) is 4.18. The topological polar surface area (TPSA) is 79.0 Å². The van der Waals surface area contributed by atoms with E-state index >= 15 is 0 Å². The van der Waals surface area contributed by atoms with Gasteiger partial charge in [-0.2, -0.15) is 5.26 Å². The molecule has 20 heavy (non-hydrogen) atoms. The first-order valence-corrected chi connectivity index (χ1v) is 6.15. The average molecular weight is 288 g/mol. The number of nitro benzene ring substituents is 1. The van der Waals surface area contributed by atoms with Gasteiger partial charge in [0.05, 0.1) is 16.2 Å². The van der Waals surface area contributed by atoms with Gasteiger partial charge in [0.15, 0.2) is 0 Å². The highest BCUT2D eigenvalue weighted by atomic mass is 35.5. The van der Waals surface area contributed by atoms with Crippen molar-refractivity contribution >= 4 is 23.0 Å². The minimum atomic E-state index is -0.524. The summed E-state index contributed by atoms with van der Waals surface area (Å²) in [5, 5.41) is 23.4. The molecule has 0 fully saturated rings. The molecule has 0 amide bonds. The van der Waals surface area contributed by atoms with Crippen LogP contribution in [-0.2, 0) is 6.54 Å². The second-order valence-corrected chi connectivity index (χ2v) is 4.52. The Bertz CT molecular complexity index is 678. The molecule has 6 heteroatoms. The Balaban J connectivity index is 2.15. The fourth-order valence-corrected chi connectivity index (χ4v) is 1.82. The summed E-state index contributed by atoms with van der Waals surface area (Å²) in [6, 6.07) is 13.4. The van der Waals surface area contributed by atoms with E-state index in [0.29, 0.717) is 17.3 Å². The number of non-ortho nitro benzene ring substituents is 1. The molecule has 2 aromatic rings. The molecule has 100 valence electrons. The summed E-state index contributed by atoms with van der Waals surface area (Å²) in [6.07, 6.45) is 0. The lowest BCUT2D eigenvalue weighted by Crippen LogP contribution is -2.01. The van der Waals surface area contributed by atoms with Crippen LogP contribution in [0.25, 0.3) is 0 Å². The molecule has 0 aliphatic rings. The van der Waals surface area contributed by atoms with Gasteiger partial charge in [-0.05, 0) is 23.8 Å². The van der Waals surface area contributed by atoms with Crippen LogP contribution < -0.4 is 5.32 Å². The molecule has 1 N–H and O–H groups in total. The van der Waals surface area contributed by atoms with E-state index in [2.05, 4.69) is 5.32 Å². The molecule has 0 aliphatic carbocycles. The summed E-state index contributed by atoms with van der Waals surface area (Å²) in [5.41, 5.74) is 1.71. The van der Waals surface area contributed by atoms with E-state index in [1.54, 1.807) is 12.1 Å². The normalized spacial score (nSPS) is 9.80. The summed E-state index contributed by atoms with van der Waals surface area (Å²) >= 11 is 5.80. The Hall–Kier alpha value is -2.58. The first-order valence-electron chi connectivity index (χ1n) is 5.77. The van der Waals surface area contributed by atoms with Gasteiger partial charge in [-0.3, -0.25) is 10.1 Å². The second-order valence-electron chi connectivity index (χ2n) is 4.08. The molecule has 0 saturated heterocycles. The molecule has 5 nitrogen and oxygen atoms in total. The highest BCUT2D eigenvalue weighted by molar-refractivity contribution is 6.30. The third-order valence-electron chi connectivity index (χ3n) is 2.73. The van der Waals surface area contributed by atoms with Crippen molar-refractivity contribution in [3.8, 4) is 6.07 Å². The SMILES string of the molecule is N#Cc1cc([N+](=O)[O-])ccc1NCc1ccc(Cl)cc1. The van der Waals surface area contributed by atoms with Crippen molar-refractivity contribution in [1.82, 2.24) is 0 Å². The largest absolute Gasteiger partial charge is 0.380 e. The molecule has 0 spiro atoms. The maximum Gasteiger partial charge on any atom is 0.270 e. The molecule has 0 saturated carbocycles. The standard InChI is InChI=1S/C14H10ClN3O2/c15-12-3-1-10(2-4-12)9-17-14-6-5-13(18(19)20)7-11(14)8-16/h1-7,17H,9H2. The number of nitriles is 1. The Morgan fingerprint density at radius 1 is 1.25 bits per heavy atom. The van der Waals surface area contributed by atoms with Crippen molar-refractivity contribution in [2.75, 3.05) is 5.32 Å². The van der Waals surface area contributed by atoms with Crippen LogP contribution >= 0.6 is 11.6 Å². The second kappa shape index (κ2) is 6.04. The van der Waals surface area contributed by atoms with Gasteiger partial charge in [0.2, 0.25) is 0 Å². The zero-order valence-electron chi connectivity index (χ0n) is 10.3. The molecule has 0 aliphatic heterocycles. The van der Waals surface area contributed by atoms with E-state index < -0.39 is 4.92 Å². The minimum Gasteiger partial charge on any atom is -0.380 e. The number of hydrogen-bond acceptors (Lipinski definition) is 4. The zero-order valence-corrected chi connectivity index (χ0v) is 11.1. The van der Waals surface area contributed by atoms with E-state index in [0.717, 1.165) is 5.56 Å². The predicted molar refractivity (Wildman–Crippen MR) is 76.6 cm³/mol. The maximum absolute atomic E-state index is 10.7.